The number of benzene rings is 1. The Hall–Kier alpha value is -2.18. The molecular formula is C12H13F2NO4. The number of amides is 1. The number of para-hydroxylation sites is 1. The van der Waals surface area contributed by atoms with Crippen LogP contribution >= 0.6 is 0 Å². The van der Waals surface area contributed by atoms with E-state index in [0.717, 1.165) is 0 Å². The van der Waals surface area contributed by atoms with E-state index >= 15 is 0 Å². The van der Waals surface area contributed by atoms with Gasteiger partial charge >= 0.3 is 12.6 Å². The van der Waals surface area contributed by atoms with Crippen LogP contribution in [-0.4, -0.2) is 29.6 Å². The Kier molecular flexibility index (Phi) is 5.23. The smallest absolute Gasteiger partial charge is 0.387 e. The minimum Gasteiger partial charge on any atom is -0.480 e. The molecule has 1 unspecified atom stereocenters. The normalized spacial score (nSPS) is 12.0. The van der Waals surface area contributed by atoms with Gasteiger partial charge in [0.1, 0.15) is 11.8 Å². The Morgan fingerprint density at radius 3 is 2.58 bits per heavy atom. The van der Waals surface area contributed by atoms with E-state index in [1.165, 1.54) is 25.1 Å². The van der Waals surface area contributed by atoms with Crippen molar-refractivity contribution in [3.63, 3.8) is 0 Å². The molecule has 0 heterocycles. The van der Waals surface area contributed by atoms with Crippen molar-refractivity contribution in [3.8, 4) is 5.75 Å². The van der Waals surface area contributed by atoms with Crippen LogP contribution in [0.4, 0.5) is 8.78 Å². The second kappa shape index (κ2) is 6.67. The molecule has 104 valence electrons. The van der Waals surface area contributed by atoms with Crippen LogP contribution in [0.1, 0.15) is 12.5 Å². The molecule has 0 radical (unpaired) electrons. The summed E-state index contributed by atoms with van der Waals surface area (Å²) in [5.74, 6) is -1.86. The fourth-order valence-electron chi connectivity index (χ4n) is 1.39. The number of carboxylic acid groups (broad SMARTS) is 1. The number of carbonyl (C=O) groups excluding carboxylic acids is 1. The van der Waals surface area contributed by atoms with Gasteiger partial charge in [-0.25, -0.2) is 0 Å². The number of ether oxygens (including phenoxy) is 1. The number of halogens is 2. The quantitative estimate of drug-likeness (QED) is 0.822. The third-order valence-corrected chi connectivity index (χ3v) is 2.29. The molecule has 1 atom stereocenters. The summed E-state index contributed by atoms with van der Waals surface area (Å²) in [6, 6.07) is 4.80. The zero-order valence-corrected chi connectivity index (χ0v) is 10.1. The SMILES string of the molecule is CC(NC(=O)Cc1ccccc1OC(F)F)C(=O)O. The van der Waals surface area contributed by atoms with Crippen molar-refractivity contribution >= 4 is 11.9 Å². The summed E-state index contributed by atoms with van der Waals surface area (Å²) in [5.41, 5.74) is 0.262. The summed E-state index contributed by atoms with van der Waals surface area (Å²) in [5, 5.41) is 10.9. The summed E-state index contributed by atoms with van der Waals surface area (Å²) in [6.45, 7) is -1.68. The molecule has 1 rings (SSSR count). The van der Waals surface area contributed by atoms with Crippen LogP contribution in [0, 0.1) is 0 Å². The topological polar surface area (TPSA) is 75.6 Å². The van der Waals surface area contributed by atoms with Gasteiger partial charge < -0.3 is 15.2 Å². The van der Waals surface area contributed by atoms with Crippen LogP contribution in [0.25, 0.3) is 0 Å². The fourth-order valence-corrected chi connectivity index (χ4v) is 1.39. The van der Waals surface area contributed by atoms with Crippen LogP contribution in [-0.2, 0) is 16.0 Å². The van der Waals surface area contributed by atoms with Crippen LogP contribution in [0.15, 0.2) is 24.3 Å². The predicted molar refractivity (Wildman–Crippen MR) is 62.0 cm³/mol. The number of carbonyl (C=O) groups is 2. The summed E-state index contributed by atoms with van der Waals surface area (Å²) in [6.07, 6.45) is -0.236. The second-order valence-corrected chi connectivity index (χ2v) is 3.79. The lowest BCUT2D eigenvalue weighted by Crippen LogP contribution is -2.39. The third kappa shape index (κ3) is 4.90. The lowest BCUT2D eigenvalue weighted by Gasteiger charge is -2.12. The number of hydrogen-bond donors (Lipinski definition) is 2. The van der Waals surface area contributed by atoms with E-state index in [4.69, 9.17) is 5.11 Å². The minimum atomic E-state index is -2.98. The van der Waals surface area contributed by atoms with E-state index in [-0.39, 0.29) is 17.7 Å². The van der Waals surface area contributed by atoms with E-state index in [1.54, 1.807) is 6.07 Å². The molecule has 19 heavy (non-hydrogen) atoms. The summed E-state index contributed by atoms with van der Waals surface area (Å²) < 4.78 is 28.6. The van der Waals surface area contributed by atoms with Gasteiger partial charge in [0.2, 0.25) is 5.91 Å². The minimum absolute atomic E-state index is 0.101. The summed E-state index contributed by atoms with van der Waals surface area (Å²) in [4.78, 5) is 22.1. The average molecular weight is 273 g/mol. The lowest BCUT2D eigenvalue weighted by atomic mass is 10.1. The Morgan fingerprint density at radius 2 is 2.00 bits per heavy atom. The molecule has 0 spiro atoms. The van der Waals surface area contributed by atoms with Gasteiger partial charge in [0.15, 0.2) is 0 Å². The molecule has 0 aliphatic rings. The first kappa shape index (κ1) is 14.9. The van der Waals surface area contributed by atoms with Crippen LogP contribution < -0.4 is 10.1 Å². The van der Waals surface area contributed by atoms with Gasteiger partial charge in [-0.1, -0.05) is 18.2 Å². The van der Waals surface area contributed by atoms with Gasteiger partial charge in [0.25, 0.3) is 0 Å². The maximum Gasteiger partial charge on any atom is 0.387 e. The summed E-state index contributed by atoms with van der Waals surface area (Å²) >= 11 is 0. The van der Waals surface area contributed by atoms with E-state index in [0.29, 0.717) is 0 Å². The number of carboxylic acids is 1. The highest BCUT2D eigenvalue weighted by Crippen LogP contribution is 2.20. The molecule has 0 aromatic heterocycles. The second-order valence-electron chi connectivity index (χ2n) is 3.79. The first-order chi connectivity index (χ1) is 8.90. The number of hydrogen-bond acceptors (Lipinski definition) is 3. The highest BCUT2D eigenvalue weighted by molar-refractivity contribution is 5.84. The Morgan fingerprint density at radius 1 is 1.37 bits per heavy atom. The Bertz CT molecular complexity index is 465. The van der Waals surface area contributed by atoms with Crippen molar-refractivity contribution < 1.29 is 28.2 Å². The molecule has 0 aliphatic heterocycles. The highest BCUT2D eigenvalue weighted by atomic mass is 19.3. The summed E-state index contributed by atoms with van der Waals surface area (Å²) in [7, 11) is 0. The number of aliphatic carboxylic acids is 1. The molecule has 5 nitrogen and oxygen atoms in total. The largest absolute Gasteiger partial charge is 0.480 e. The molecular weight excluding hydrogens is 260 g/mol. The van der Waals surface area contributed by atoms with Crippen molar-refractivity contribution in [1.82, 2.24) is 5.32 Å². The van der Waals surface area contributed by atoms with Crippen molar-refractivity contribution in [3.05, 3.63) is 29.8 Å². The highest BCUT2D eigenvalue weighted by Gasteiger charge is 2.16. The number of alkyl halides is 2. The zero-order chi connectivity index (χ0) is 14.4. The van der Waals surface area contributed by atoms with Crippen molar-refractivity contribution in [1.29, 1.82) is 0 Å². The maximum atomic E-state index is 12.2. The molecule has 0 fully saturated rings. The van der Waals surface area contributed by atoms with Gasteiger partial charge in [-0.15, -0.1) is 0 Å². The molecule has 1 aromatic carbocycles. The van der Waals surface area contributed by atoms with Gasteiger partial charge in [-0.05, 0) is 13.0 Å². The molecule has 0 aliphatic carbocycles. The van der Waals surface area contributed by atoms with Gasteiger partial charge in [-0.2, -0.15) is 8.78 Å². The monoisotopic (exact) mass is 273 g/mol. The Balaban J connectivity index is 2.71. The molecule has 0 bridgehead atoms. The molecule has 7 heteroatoms. The van der Waals surface area contributed by atoms with Crippen LogP contribution in [0.2, 0.25) is 0 Å². The molecule has 0 saturated carbocycles. The van der Waals surface area contributed by atoms with Crippen molar-refractivity contribution in [2.75, 3.05) is 0 Å². The first-order valence-electron chi connectivity index (χ1n) is 5.45. The third-order valence-electron chi connectivity index (χ3n) is 2.29. The van der Waals surface area contributed by atoms with Gasteiger partial charge in [0, 0.05) is 5.56 Å². The fraction of sp³-hybridized carbons (Fsp3) is 0.333. The van der Waals surface area contributed by atoms with Crippen molar-refractivity contribution in [2.45, 2.75) is 26.0 Å². The molecule has 0 saturated heterocycles. The zero-order valence-electron chi connectivity index (χ0n) is 10.1. The standard InChI is InChI=1S/C12H13F2NO4/c1-7(11(17)18)15-10(16)6-8-4-2-3-5-9(8)19-12(13)14/h2-5,7,12H,6H2,1H3,(H,15,16)(H,17,18). The van der Waals surface area contributed by atoms with E-state index < -0.39 is 24.5 Å². The van der Waals surface area contributed by atoms with Gasteiger partial charge in [-0.3, -0.25) is 9.59 Å². The van der Waals surface area contributed by atoms with E-state index in [9.17, 15) is 18.4 Å². The van der Waals surface area contributed by atoms with E-state index in [2.05, 4.69) is 10.1 Å². The van der Waals surface area contributed by atoms with Crippen LogP contribution in [0.5, 0.6) is 5.75 Å². The molecule has 1 amide bonds. The van der Waals surface area contributed by atoms with E-state index in [1.807, 2.05) is 0 Å². The first-order valence-corrected chi connectivity index (χ1v) is 5.45. The van der Waals surface area contributed by atoms with Crippen LogP contribution in [0.3, 0.4) is 0 Å². The lowest BCUT2D eigenvalue weighted by molar-refractivity contribution is -0.141. The van der Waals surface area contributed by atoms with Crippen molar-refractivity contribution in [2.24, 2.45) is 0 Å². The average Bonchev–Trinajstić information content (AvgIpc) is 2.30. The van der Waals surface area contributed by atoms with Gasteiger partial charge in [0.05, 0.1) is 6.42 Å². The number of rotatable bonds is 6. The molecule has 1 aromatic rings. The predicted octanol–water partition coefficient (Wildman–Crippen LogP) is 1.42. The molecule has 2 N–H and O–H groups in total. The Labute approximate surface area is 108 Å². The number of nitrogens with one attached hydrogen (secondary N) is 1. The maximum absolute atomic E-state index is 12.2.